The maximum atomic E-state index is 15.4. The largest absolute Gasteiger partial charge is 0.478 e. The Hall–Kier alpha value is -14.8. The molecule has 16 rings (SSSR count). The lowest BCUT2D eigenvalue weighted by Gasteiger charge is -2.38. The number of amides is 1. The van der Waals surface area contributed by atoms with Gasteiger partial charge in [-0.25, -0.2) is 24.0 Å². The predicted octanol–water partition coefficient (Wildman–Crippen LogP) is 21.7. The molecule has 0 radical (unpaired) electrons. The lowest BCUT2D eigenvalue weighted by Crippen LogP contribution is -2.54. The molecular formula is C102H76F21N4O16P. The Kier molecular flexibility index (Phi) is 27.0. The lowest BCUT2D eigenvalue weighted by atomic mass is 9.66. The minimum Gasteiger partial charge on any atom is -0.478 e. The second-order valence-electron chi connectivity index (χ2n) is 34.7. The zero-order valence-corrected chi connectivity index (χ0v) is 76.6. The average molecular weight is 2040 g/mol. The first kappa shape index (κ1) is 107. The van der Waals surface area contributed by atoms with Gasteiger partial charge in [-0.15, -0.1) is 0 Å². The van der Waals surface area contributed by atoms with Crippen LogP contribution < -0.4 is 26.8 Å². The molecule has 2 aliphatic heterocycles. The van der Waals surface area contributed by atoms with Crippen LogP contribution in [0.25, 0.3) is 22.3 Å². The highest BCUT2D eigenvalue weighted by Crippen LogP contribution is 2.63. The third-order valence-electron chi connectivity index (χ3n) is 26.2. The number of cyclic esters (lactones) is 4. The van der Waals surface area contributed by atoms with E-state index in [2.05, 4.69) is 14.8 Å². The molecule has 2 heterocycles. The lowest BCUT2D eigenvalue weighted by molar-refractivity contribution is -0.376. The molecule has 3 unspecified atom stereocenters. The van der Waals surface area contributed by atoms with Crippen molar-refractivity contribution in [3.05, 3.63) is 371 Å². The van der Waals surface area contributed by atoms with Crippen molar-refractivity contribution in [2.24, 2.45) is 0 Å². The third kappa shape index (κ3) is 17.0. The fourth-order valence-corrected chi connectivity index (χ4v) is 18.6. The summed E-state index contributed by atoms with van der Waals surface area (Å²) in [6.45, 7) is 5.52. The van der Waals surface area contributed by atoms with Gasteiger partial charge < -0.3 is 61.8 Å². The van der Waals surface area contributed by atoms with Crippen LogP contribution >= 0.6 is 9.90 Å². The second-order valence-corrected chi connectivity index (χ2v) is 34.7. The smallest absolute Gasteiger partial charge is 0.430 e. The van der Waals surface area contributed by atoms with Gasteiger partial charge in [-0.2, -0.15) is 102 Å². The fraction of sp³-hybridized carbons (Fsp3) is 0.216. The number of nitrogen functional groups attached to an aromatic ring is 2. The van der Waals surface area contributed by atoms with Crippen LogP contribution in [0, 0.1) is 0 Å². The van der Waals surface area contributed by atoms with Crippen LogP contribution in [0.3, 0.4) is 0 Å². The van der Waals surface area contributed by atoms with E-state index in [9.17, 15) is 117 Å². The van der Waals surface area contributed by atoms with Gasteiger partial charge in [0.05, 0.1) is 49.8 Å². The van der Waals surface area contributed by atoms with E-state index in [1.807, 2.05) is 5.32 Å². The summed E-state index contributed by atoms with van der Waals surface area (Å²) in [4.78, 5) is 96.9. The Morgan fingerprint density at radius 3 is 1.05 bits per heavy atom. The van der Waals surface area contributed by atoms with Crippen LogP contribution in [0.5, 0.6) is 5.75 Å². The summed E-state index contributed by atoms with van der Waals surface area (Å²) in [6.07, 6.45) is -41.1. The van der Waals surface area contributed by atoms with Gasteiger partial charge in [-0.3, -0.25) is 14.4 Å². The molecule has 144 heavy (non-hydrogen) atoms. The quantitative estimate of drug-likeness (QED) is 0.00690. The molecule has 20 nitrogen and oxygen atoms in total. The van der Waals surface area contributed by atoms with Gasteiger partial charge in [0.25, 0.3) is 23.6 Å². The summed E-state index contributed by atoms with van der Waals surface area (Å²) < 4.78 is 320. The van der Waals surface area contributed by atoms with Crippen LogP contribution in [0.1, 0.15) is 203 Å². The fourth-order valence-electron chi connectivity index (χ4n) is 18.6. The number of halogens is 21. The third-order valence-corrected chi connectivity index (χ3v) is 26.2. The van der Waals surface area contributed by atoms with Crippen molar-refractivity contribution < 1.29 is 170 Å². The van der Waals surface area contributed by atoms with Crippen molar-refractivity contribution in [3.63, 3.8) is 0 Å². The average Bonchev–Trinajstić information content (AvgIpc) is 1.51. The Bertz CT molecular complexity index is 7090. The number of carbonyl (C=O) groups is 8. The van der Waals surface area contributed by atoms with Crippen molar-refractivity contribution in [2.75, 3.05) is 29.1 Å². The molecule has 11 N–H and O–H groups in total. The number of Topliss-reactive ketones (excluding diaryl/α,β-unsaturated/α-hetero) is 1. The van der Waals surface area contributed by atoms with E-state index in [0.717, 1.165) is 98.8 Å². The number of nitrogens with two attached hydrogens (primary N) is 2. The number of aliphatic hydroxyl groups is 4. The van der Waals surface area contributed by atoms with E-state index in [1.165, 1.54) is 38.1 Å². The first-order chi connectivity index (χ1) is 66.2. The standard InChI is InChI=1S/C52H41F9N2O8.C31H23F9N2O2.C19H9F3O6.H3P/c1-27(65)35-22-28(14-18-34(35)45(67)68)47(4,50(53,54)55)29-17-21-43(71-26-64)36(23-29)44(66)63-42-20-16-31(25-40(42)49(70,51(56,57)58)52(59,60)61)48(30-15-19-41(62-5)39(24-30)46(2,3)69)37-12-8-6-10-32(37)33-11-7-9-13-38(33)48;1-26(43,29(32,33)34)22-14-16(10-12-24(22)41)27(20-8-4-2-6-18(20)19-7-3-5-9-21(19)27)17-11-13-25(42)23(15-17)28(44,30(35,36)37)31(38,39)40;1-18(19(20,21)22,8-2-4-10-12(6-8)16(25)27-14(10)23)9-3-5-11-13(7-9)17(26)28-15(11)24;/h6-26,62,69-70H,1-5H3,(H,63,66)(H,67,68);2-15,43-44H,41-42H2,1H3;2-7H,1H3;1H3. The van der Waals surface area contributed by atoms with E-state index in [1.54, 1.807) is 104 Å². The highest BCUT2D eigenvalue weighted by molar-refractivity contribution is 6.92. The Labute approximate surface area is 804 Å². The monoisotopic (exact) mass is 2040 g/mol. The van der Waals surface area contributed by atoms with Crippen molar-refractivity contribution in [3.8, 4) is 28.0 Å². The maximum absolute atomic E-state index is 15.4. The van der Waals surface area contributed by atoms with Gasteiger partial charge in [0.2, 0.25) is 0 Å². The number of carbonyl (C=O) groups excluding carboxylic acids is 7. The zero-order valence-electron chi connectivity index (χ0n) is 75.2. The molecule has 0 fully saturated rings. The van der Waals surface area contributed by atoms with Gasteiger partial charge in [0.1, 0.15) is 16.6 Å². The number of esters is 4. The van der Waals surface area contributed by atoms with E-state index in [-0.39, 0.29) is 77.6 Å². The minimum absolute atomic E-state index is 0. The summed E-state index contributed by atoms with van der Waals surface area (Å²) in [5, 5.41) is 58.0. The Morgan fingerprint density at radius 1 is 0.361 bits per heavy atom. The van der Waals surface area contributed by atoms with Crippen LogP contribution in [0.4, 0.5) is 115 Å². The number of alkyl halides is 21. The summed E-state index contributed by atoms with van der Waals surface area (Å²) in [6, 6.07) is 48.7. The van der Waals surface area contributed by atoms with Gasteiger partial charge in [0, 0.05) is 57.6 Å². The van der Waals surface area contributed by atoms with Crippen molar-refractivity contribution in [2.45, 2.75) is 129 Å². The number of ketones is 1. The molecule has 3 atom stereocenters. The number of hydrogen-bond donors (Lipinski definition) is 9. The normalized spacial score (nSPS) is 15.2. The van der Waals surface area contributed by atoms with Gasteiger partial charge in [-0.05, 0) is 228 Å². The number of nitrogens with one attached hydrogen (secondary N) is 2. The van der Waals surface area contributed by atoms with E-state index >= 15 is 39.5 Å². The highest BCUT2D eigenvalue weighted by atomic mass is 31.0. The number of ether oxygens (including phenoxy) is 3. The zero-order chi connectivity index (χ0) is 106. The number of rotatable bonds is 19. The number of anilines is 4. The van der Waals surface area contributed by atoms with Crippen LogP contribution in [0.2, 0.25) is 0 Å². The first-order valence-corrected chi connectivity index (χ1v) is 42.0. The van der Waals surface area contributed by atoms with Crippen LogP contribution in [0.15, 0.2) is 243 Å². The molecule has 12 aromatic rings. The van der Waals surface area contributed by atoms with Gasteiger partial charge in [0.15, 0.2) is 11.4 Å². The molecule has 0 aromatic heterocycles. The number of fused-ring (bicyclic) bond motifs is 8. The molecule has 0 saturated heterocycles. The highest BCUT2D eigenvalue weighted by Gasteiger charge is 2.74. The molecule has 1 amide bonds. The summed E-state index contributed by atoms with van der Waals surface area (Å²) >= 11 is 0. The molecule has 0 saturated carbocycles. The molecule has 4 aliphatic rings. The number of aromatic carboxylic acids is 1. The molecular weight excluding hydrogens is 1970 g/mol. The predicted molar refractivity (Wildman–Crippen MR) is 482 cm³/mol. The number of benzene rings is 12. The van der Waals surface area contributed by atoms with Crippen LogP contribution in [-0.2, 0) is 58.3 Å². The molecule has 12 aromatic carbocycles. The minimum atomic E-state index is -6.57. The van der Waals surface area contributed by atoms with E-state index in [4.69, 9.17) is 16.2 Å². The van der Waals surface area contributed by atoms with Crippen LogP contribution in [-0.4, -0.2) is 124 Å². The van der Waals surface area contributed by atoms with E-state index in [0.29, 0.717) is 100 Å². The summed E-state index contributed by atoms with van der Waals surface area (Å²) in [5.74, 6) is -9.04. The van der Waals surface area contributed by atoms with E-state index < -0.39 is 196 Å². The van der Waals surface area contributed by atoms with Crippen molar-refractivity contribution in [1.82, 2.24) is 0 Å². The van der Waals surface area contributed by atoms with Gasteiger partial charge in [-0.1, -0.05) is 146 Å². The second kappa shape index (κ2) is 36.6. The Morgan fingerprint density at radius 2 is 0.688 bits per heavy atom. The van der Waals surface area contributed by atoms with Crippen molar-refractivity contribution in [1.29, 1.82) is 0 Å². The van der Waals surface area contributed by atoms with Gasteiger partial charge >= 0.3 is 73.1 Å². The maximum Gasteiger partial charge on any atom is 0.430 e. The Balaban J connectivity index is 0.000000201. The summed E-state index contributed by atoms with van der Waals surface area (Å²) in [5.41, 5.74) is -23.3. The number of carboxylic acids is 1. The molecule has 42 heteroatoms. The topological polar surface area (TPSA) is 342 Å². The van der Waals surface area contributed by atoms with Crippen molar-refractivity contribution >= 4 is 80.7 Å². The molecule has 2 aliphatic carbocycles. The number of carboxylic acid groups (broad SMARTS) is 1. The molecule has 0 spiro atoms. The first-order valence-electron chi connectivity index (χ1n) is 42.0. The molecule has 0 bridgehead atoms. The summed E-state index contributed by atoms with van der Waals surface area (Å²) in [7, 11) is 1.57. The number of hydrogen-bond acceptors (Lipinski definition) is 18. The molecule has 752 valence electrons. The SMILES string of the molecule is CC(O)(c1cc(C2(c3ccc(N)c(C(O)(C(F)(F)F)C(F)(F)F)c3)c3ccccc3-c3ccccc32)ccc1N)C(F)(F)F.CC(c1ccc2c(c1)C(=O)OC2=O)(c1ccc2c(c1)C(=O)OC2=O)C(F)(F)F.CNc1ccc(C2(c3ccc(NC(=O)c4cc(C(C)(c5ccc(C(=O)O)c(C(C)=O)c5)C(F)(F)F)ccc4OC=O)c(C(O)(C(F)(F)F)C(F)(F)F)c3)c3ccccc3-c3ccccc32)cc1C(C)(C)O.P.